The maximum absolute atomic E-state index is 5.73. The first kappa shape index (κ1) is 13.7. The zero-order valence-electron chi connectivity index (χ0n) is 11.6. The van der Waals surface area contributed by atoms with Gasteiger partial charge < -0.3 is 19.8 Å². The summed E-state index contributed by atoms with van der Waals surface area (Å²) in [5.41, 5.74) is 2.17. The van der Waals surface area contributed by atoms with E-state index >= 15 is 0 Å². The van der Waals surface area contributed by atoms with Gasteiger partial charge >= 0.3 is 0 Å². The van der Waals surface area contributed by atoms with E-state index in [4.69, 9.17) is 14.5 Å². The molecule has 3 aliphatic rings. The number of aromatic nitrogens is 2. The number of hydrogen-bond acceptors (Lipinski definition) is 4. The highest BCUT2D eigenvalue weighted by Gasteiger charge is 2.45. The van der Waals surface area contributed by atoms with Crippen molar-refractivity contribution in [2.75, 3.05) is 19.8 Å². The van der Waals surface area contributed by atoms with Crippen LogP contribution in [-0.2, 0) is 9.47 Å². The van der Waals surface area contributed by atoms with Crippen LogP contribution in [0, 0.1) is 0 Å². The minimum Gasteiger partial charge on any atom is -0.347 e. The third kappa shape index (κ3) is 2.61. The Morgan fingerprint density at radius 2 is 2.19 bits per heavy atom. The van der Waals surface area contributed by atoms with Crippen LogP contribution < -0.4 is 5.32 Å². The van der Waals surface area contributed by atoms with Crippen LogP contribution in [0.5, 0.6) is 0 Å². The summed E-state index contributed by atoms with van der Waals surface area (Å²) in [7, 11) is 0. The molecule has 0 aromatic carbocycles. The fraction of sp³-hybridized carbons (Fsp3) is 0.533. The van der Waals surface area contributed by atoms with Gasteiger partial charge in [-0.1, -0.05) is 34.2 Å². The molecule has 2 atom stereocenters. The van der Waals surface area contributed by atoms with Crippen molar-refractivity contribution in [2.45, 2.75) is 29.5 Å². The lowest BCUT2D eigenvalue weighted by atomic mass is 10.1. The number of rotatable bonds is 2. The summed E-state index contributed by atoms with van der Waals surface area (Å²) in [5.74, 6) is 0.515. The van der Waals surface area contributed by atoms with Gasteiger partial charge in [-0.05, 0) is 12.0 Å². The Balaban J connectivity index is 1.49. The Bertz CT molecular complexity index is 589. The van der Waals surface area contributed by atoms with Gasteiger partial charge in [0, 0.05) is 17.4 Å². The third-order valence-electron chi connectivity index (χ3n) is 4.22. The molecule has 4 rings (SSSR count). The molecule has 6 heteroatoms. The van der Waals surface area contributed by atoms with Crippen molar-refractivity contribution in [3.05, 3.63) is 35.9 Å². The SMILES string of the molecule is BrC1C=CC(c2c[nH]c(C3CC4(CN3)OCCO4)n2)=CC1. The van der Waals surface area contributed by atoms with Gasteiger partial charge in [0.25, 0.3) is 0 Å². The first-order valence-electron chi connectivity index (χ1n) is 7.34. The zero-order chi connectivity index (χ0) is 14.3. The van der Waals surface area contributed by atoms with E-state index in [1.54, 1.807) is 0 Å². The number of alkyl halides is 1. The number of nitrogens with one attached hydrogen (secondary N) is 2. The van der Waals surface area contributed by atoms with E-state index in [9.17, 15) is 0 Å². The van der Waals surface area contributed by atoms with Gasteiger partial charge in [-0.3, -0.25) is 0 Å². The number of H-pyrrole nitrogens is 1. The normalized spacial score (nSPS) is 31.0. The molecule has 0 bridgehead atoms. The average Bonchev–Trinajstić information content (AvgIpc) is 3.22. The fourth-order valence-corrected chi connectivity index (χ4v) is 3.43. The summed E-state index contributed by atoms with van der Waals surface area (Å²) in [6.45, 7) is 2.09. The van der Waals surface area contributed by atoms with Crippen molar-refractivity contribution >= 4 is 21.5 Å². The molecular formula is C15H18BrN3O2. The van der Waals surface area contributed by atoms with Crippen molar-refractivity contribution in [1.82, 2.24) is 15.3 Å². The van der Waals surface area contributed by atoms with Gasteiger partial charge in [0.2, 0.25) is 0 Å². The Morgan fingerprint density at radius 3 is 2.95 bits per heavy atom. The van der Waals surface area contributed by atoms with Crippen molar-refractivity contribution < 1.29 is 9.47 Å². The minimum atomic E-state index is -0.440. The number of aromatic amines is 1. The number of allylic oxidation sites excluding steroid dienone is 4. The molecule has 1 aromatic heterocycles. The Morgan fingerprint density at radius 1 is 1.33 bits per heavy atom. The number of imidazole rings is 1. The van der Waals surface area contributed by atoms with Crippen LogP contribution in [0.1, 0.15) is 30.4 Å². The highest BCUT2D eigenvalue weighted by atomic mass is 79.9. The lowest BCUT2D eigenvalue weighted by Crippen LogP contribution is -2.32. The molecule has 3 heterocycles. The number of ether oxygens (including phenoxy) is 2. The molecule has 2 unspecified atom stereocenters. The second kappa shape index (κ2) is 5.35. The lowest BCUT2D eigenvalue weighted by Gasteiger charge is -2.19. The van der Waals surface area contributed by atoms with Gasteiger partial charge in [0.15, 0.2) is 5.79 Å². The zero-order valence-corrected chi connectivity index (χ0v) is 13.2. The van der Waals surface area contributed by atoms with Crippen LogP contribution in [0.15, 0.2) is 24.4 Å². The lowest BCUT2D eigenvalue weighted by molar-refractivity contribution is -0.141. The molecule has 112 valence electrons. The molecule has 1 aromatic rings. The summed E-state index contributed by atoms with van der Waals surface area (Å²) in [6.07, 6.45) is 10.3. The molecule has 2 aliphatic heterocycles. The molecule has 21 heavy (non-hydrogen) atoms. The molecule has 5 nitrogen and oxygen atoms in total. The van der Waals surface area contributed by atoms with Crippen LogP contribution in [0.2, 0.25) is 0 Å². The maximum atomic E-state index is 5.73. The minimum absolute atomic E-state index is 0.161. The molecule has 0 amide bonds. The van der Waals surface area contributed by atoms with Crippen molar-refractivity contribution in [2.24, 2.45) is 0 Å². The Kier molecular flexibility index (Phi) is 3.49. The third-order valence-corrected chi connectivity index (χ3v) is 4.90. The molecule has 1 spiro atoms. The van der Waals surface area contributed by atoms with E-state index in [0.717, 1.165) is 30.9 Å². The highest BCUT2D eigenvalue weighted by molar-refractivity contribution is 9.09. The summed E-state index contributed by atoms with van der Waals surface area (Å²) >= 11 is 3.58. The van der Waals surface area contributed by atoms with Crippen LogP contribution >= 0.6 is 15.9 Å². The molecule has 2 fully saturated rings. The van der Waals surface area contributed by atoms with Crippen LogP contribution in [0.4, 0.5) is 0 Å². The Hall–Kier alpha value is -0.950. The topological polar surface area (TPSA) is 59.2 Å². The van der Waals surface area contributed by atoms with E-state index in [0.29, 0.717) is 18.0 Å². The van der Waals surface area contributed by atoms with Crippen LogP contribution in [0.3, 0.4) is 0 Å². The monoisotopic (exact) mass is 351 g/mol. The Labute approximate surface area is 131 Å². The van der Waals surface area contributed by atoms with Gasteiger partial charge in [0.05, 0.1) is 31.5 Å². The van der Waals surface area contributed by atoms with Gasteiger partial charge in [-0.25, -0.2) is 4.98 Å². The largest absolute Gasteiger partial charge is 0.347 e. The van der Waals surface area contributed by atoms with Crippen LogP contribution in [0.25, 0.3) is 5.57 Å². The average molecular weight is 352 g/mol. The molecule has 1 aliphatic carbocycles. The number of nitrogens with zero attached hydrogens (tertiary/aromatic N) is 1. The van der Waals surface area contributed by atoms with Gasteiger partial charge in [-0.15, -0.1) is 0 Å². The first-order valence-corrected chi connectivity index (χ1v) is 8.25. The van der Waals surface area contributed by atoms with E-state index < -0.39 is 5.79 Å². The van der Waals surface area contributed by atoms with Crippen LogP contribution in [-0.4, -0.2) is 40.3 Å². The molecule has 2 saturated heterocycles. The summed E-state index contributed by atoms with van der Waals surface area (Å²) in [4.78, 5) is 8.46. The maximum Gasteiger partial charge on any atom is 0.182 e. The number of hydrogen-bond donors (Lipinski definition) is 2. The fourth-order valence-electron chi connectivity index (χ4n) is 3.09. The van der Waals surface area contributed by atoms with Gasteiger partial charge in [0.1, 0.15) is 5.82 Å². The van der Waals surface area contributed by atoms with Gasteiger partial charge in [-0.2, -0.15) is 0 Å². The highest BCUT2D eigenvalue weighted by Crippen LogP contribution is 2.35. The predicted octanol–water partition coefficient (Wildman–Crippen LogP) is 2.29. The predicted molar refractivity (Wildman–Crippen MR) is 83.0 cm³/mol. The first-order chi connectivity index (χ1) is 10.2. The molecule has 0 saturated carbocycles. The molecule has 0 radical (unpaired) electrons. The van der Waals surface area contributed by atoms with Crippen molar-refractivity contribution in [3.63, 3.8) is 0 Å². The quantitative estimate of drug-likeness (QED) is 0.802. The smallest absolute Gasteiger partial charge is 0.182 e. The second-order valence-electron chi connectivity index (χ2n) is 5.69. The molecular weight excluding hydrogens is 334 g/mol. The summed E-state index contributed by atoms with van der Waals surface area (Å²) in [5, 5.41) is 3.44. The van der Waals surface area contributed by atoms with E-state index in [1.165, 1.54) is 5.57 Å². The molecule has 2 N–H and O–H groups in total. The summed E-state index contributed by atoms with van der Waals surface area (Å²) < 4.78 is 11.5. The van der Waals surface area contributed by atoms with Crippen molar-refractivity contribution in [3.8, 4) is 0 Å². The second-order valence-corrected chi connectivity index (χ2v) is 6.86. The summed E-state index contributed by atoms with van der Waals surface area (Å²) in [6, 6.07) is 0.161. The standard InChI is InChI=1S/C15H18BrN3O2/c16-11-3-1-10(2-4-11)13-8-17-14(19-13)12-7-15(9-18-12)20-5-6-21-15/h1-3,8,11-12,18H,4-7,9H2,(H,17,19). The van der Waals surface area contributed by atoms with E-state index in [2.05, 4.69) is 44.5 Å². The van der Waals surface area contributed by atoms with E-state index in [1.807, 2.05) is 6.20 Å². The van der Waals surface area contributed by atoms with Crippen molar-refractivity contribution in [1.29, 1.82) is 0 Å². The van der Waals surface area contributed by atoms with E-state index in [-0.39, 0.29) is 6.04 Å². The number of halogens is 1.